The summed E-state index contributed by atoms with van der Waals surface area (Å²) >= 11 is 5.86. The number of anilines is 1. The molecule has 1 rings (SSSR count). The van der Waals surface area contributed by atoms with Gasteiger partial charge in [-0.2, -0.15) is 0 Å². The third-order valence-electron chi connectivity index (χ3n) is 2.64. The second kappa shape index (κ2) is 7.93. The number of nitrogens with one attached hydrogen (secondary N) is 1. The normalized spacial score (nSPS) is 12.2. The highest BCUT2D eigenvalue weighted by Crippen LogP contribution is 2.27. The third-order valence-corrected chi connectivity index (χ3v) is 2.94. The molecule has 0 bridgehead atoms. The van der Waals surface area contributed by atoms with E-state index in [1.807, 2.05) is 0 Å². The number of nitro benzene ring substituents is 1. The van der Waals surface area contributed by atoms with Crippen LogP contribution in [0.4, 0.5) is 11.4 Å². The molecule has 0 spiro atoms. The minimum absolute atomic E-state index is 0.0996. The quantitative estimate of drug-likeness (QED) is 0.566. The SMILES string of the molecule is COCC(CCCN)Nc1ccc([N+](=O)[O-])c(Cl)c1. The van der Waals surface area contributed by atoms with Crippen molar-refractivity contribution in [1.82, 2.24) is 0 Å². The first kappa shape index (κ1) is 15.7. The van der Waals surface area contributed by atoms with Crippen LogP contribution in [0.25, 0.3) is 0 Å². The standard InChI is InChI=1S/C12H18ClN3O3/c1-19-8-10(3-2-6-14)15-9-4-5-12(16(17)18)11(13)7-9/h4-5,7,10,15H,2-3,6,8,14H2,1H3. The maximum absolute atomic E-state index is 10.7. The molecule has 0 saturated heterocycles. The molecule has 6 nitrogen and oxygen atoms in total. The first-order valence-electron chi connectivity index (χ1n) is 5.98. The monoisotopic (exact) mass is 287 g/mol. The van der Waals surface area contributed by atoms with Gasteiger partial charge in [-0.15, -0.1) is 0 Å². The van der Waals surface area contributed by atoms with Gasteiger partial charge in [0.25, 0.3) is 5.69 Å². The van der Waals surface area contributed by atoms with Crippen molar-refractivity contribution in [3.05, 3.63) is 33.3 Å². The average molecular weight is 288 g/mol. The van der Waals surface area contributed by atoms with E-state index >= 15 is 0 Å². The van der Waals surface area contributed by atoms with E-state index in [4.69, 9.17) is 22.1 Å². The van der Waals surface area contributed by atoms with E-state index in [9.17, 15) is 10.1 Å². The number of hydrogen-bond donors (Lipinski definition) is 2. The number of nitrogens with zero attached hydrogens (tertiary/aromatic N) is 1. The van der Waals surface area contributed by atoms with Crippen LogP contribution in [0.3, 0.4) is 0 Å². The van der Waals surface area contributed by atoms with Gasteiger partial charge in [0.2, 0.25) is 0 Å². The number of methoxy groups -OCH3 is 1. The van der Waals surface area contributed by atoms with Gasteiger partial charge in [-0.3, -0.25) is 10.1 Å². The van der Waals surface area contributed by atoms with E-state index in [0.717, 1.165) is 18.5 Å². The minimum atomic E-state index is -0.507. The molecule has 0 aromatic heterocycles. The van der Waals surface area contributed by atoms with Crippen LogP contribution >= 0.6 is 11.6 Å². The molecule has 0 heterocycles. The molecule has 1 aromatic carbocycles. The number of ether oxygens (including phenoxy) is 1. The highest BCUT2D eigenvalue weighted by molar-refractivity contribution is 6.32. The maximum atomic E-state index is 10.7. The summed E-state index contributed by atoms with van der Waals surface area (Å²) in [7, 11) is 1.62. The molecule has 7 heteroatoms. The van der Waals surface area contributed by atoms with Crippen LogP contribution < -0.4 is 11.1 Å². The van der Waals surface area contributed by atoms with Crippen molar-refractivity contribution in [2.45, 2.75) is 18.9 Å². The predicted octanol–water partition coefficient (Wildman–Crippen LogP) is 2.41. The first-order chi connectivity index (χ1) is 9.08. The molecule has 0 aliphatic heterocycles. The Morgan fingerprint density at radius 1 is 1.58 bits per heavy atom. The lowest BCUT2D eigenvalue weighted by atomic mass is 10.1. The Morgan fingerprint density at radius 2 is 2.32 bits per heavy atom. The Kier molecular flexibility index (Phi) is 6.55. The van der Waals surface area contributed by atoms with Crippen molar-refractivity contribution in [2.75, 3.05) is 25.6 Å². The van der Waals surface area contributed by atoms with Gasteiger partial charge in [0.1, 0.15) is 5.02 Å². The number of nitro groups is 1. The van der Waals surface area contributed by atoms with Crippen LogP contribution in [0, 0.1) is 10.1 Å². The summed E-state index contributed by atoms with van der Waals surface area (Å²) in [5.74, 6) is 0. The predicted molar refractivity (Wildman–Crippen MR) is 75.7 cm³/mol. The Labute approximate surface area is 117 Å². The molecular formula is C12H18ClN3O3. The molecular weight excluding hydrogens is 270 g/mol. The summed E-state index contributed by atoms with van der Waals surface area (Å²) in [5.41, 5.74) is 6.11. The van der Waals surface area contributed by atoms with E-state index < -0.39 is 4.92 Å². The fourth-order valence-corrected chi connectivity index (χ4v) is 1.99. The lowest BCUT2D eigenvalue weighted by molar-refractivity contribution is -0.384. The molecule has 3 N–H and O–H groups in total. The van der Waals surface area contributed by atoms with Crippen molar-refractivity contribution < 1.29 is 9.66 Å². The van der Waals surface area contributed by atoms with Crippen LogP contribution in [0.15, 0.2) is 18.2 Å². The largest absolute Gasteiger partial charge is 0.383 e. The van der Waals surface area contributed by atoms with Crippen molar-refractivity contribution in [3.63, 3.8) is 0 Å². The van der Waals surface area contributed by atoms with Crippen molar-refractivity contribution >= 4 is 23.0 Å². The molecule has 1 atom stereocenters. The Bertz CT molecular complexity index is 429. The summed E-state index contributed by atoms with van der Waals surface area (Å²) in [6.45, 7) is 1.15. The molecule has 0 fully saturated rings. The topological polar surface area (TPSA) is 90.4 Å². The molecule has 0 aliphatic rings. The van der Waals surface area contributed by atoms with Gasteiger partial charge in [-0.25, -0.2) is 0 Å². The van der Waals surface area contributed by atoms with Gasteiger partial charge in [-0.05, 0) is 31.5 Å². The fraction of sp³-hybridized carbons (Fsp3) is 0.500. The second-order valence-electron chi connectivity index (χ2n) is 4.15. The van der Waals surface area contributed by atoms with Gasteiger partial charge < -0.3 is 15.8 Å². The van der Waals surface area contributed by atoms with Crippen LogP contribution in [-0.4, -0.2) is 31.2 Å². The highest BCUT2D eigenvalue weighted by Gasteiger charge is 2.14. The van der Waals surface area contributed by atoms with Crippen molar-refractivity contribution in [1.29, 1.82) is 0 Å². The molecule has 0 amide bonds. The number of hydrogen-bond acceptors (Lipinski definition) is 5. The molecule has 0 radical (unpaired) electrons. The first-order valence-corrected chi connectivity index (χ1v) is 6.35. The zero-order valence-electron chi connectivity index (χ0n) is 10.8. The van der Waals surface area contributed by atoms with Gasteiger partial charge >= 0.3 is 0 Å². The van der Waals surface area contributed by atoms with Gasteiger partial charge in [0.15, 0.2) is 0 Å². The van der Waals surface area contributed by atoms with Crippen LogP contribution in [0.2, 0.25) is 5.02 Å². The maximum Gasteiger partial charge on any atom is 0.288 e. The minimum Gasteiger partial charge on any atom is -0.383 e. The van der Waals surface area contributed by atoms with E-state index in [-0.39, 0.29) is 16.8 Å². The molecule has 0 aliphatic carbocycles. The fourth-order valence-electron chi connectivity index (χ4n) is 1.74. The van der Waals surface area contributed by atoms with E-state index in [1.165, 1.54) is 6.07 Å². The summed E-state index contributed by atoms with van der Waals surface area (Å²) in [6.07, 6.45) is 1.74. The molecule has 1 unspecified atom stereocenters. The summed E-state index contributed by atoms with van der Waals surface area (Å²) in [4.78, 5) is 10.2. The number of halogens is 1. The molecule has 106 valence electrons. The van der Waals surface area contributed by atoms with Gasteiger partial charge in [-0.1, -0.05) is 11.6 Å². The van der Waals surface area contributed by atoms with Crippen molar-refractivity contribution in [3.8, 4) is 0 Å². The smallest absolute Gasteiger partial charge is 0.288 e. The van der Waals surface area contributed by atoms with Crippen LogP contribution in [0.5, 0.6) is 0 Å². The zero-order chi connectivity index (χ0) is 14.3. The molecule has 19 heavy (non-hydrogen) atoms. The van der Waals surface area contributed by atoms with Crippen LogP contribution in [-0.2, 0) is 4.74 Å². The van der Waals surface area contributed by atoms with Gasteiger partial charge in [0, 0.05) is 24.9 Å². The lowest BCUT2D eigenvalue weighted by Crippen LogP contribution is -2.25. The van der Waals surface area contributed by atoms with Crippen molar-refractivity contribution in [2.24, 2.45) is 5.73 Å². The third kappa shape index (κ3) is 5.02. The summed E-state index contributed by atoms with van der Waals surface area (Å²) < 4.78 is 5.12. The Morgan fingerprint density at radius 3 is 2.84 bits per heavy atom. The van der Waals surface area contributed by atoms with E-state index in [0.29, 0.717) is 13.2 Å². The highest BCUT2D eigenvalue weighted by atomic mass is 35.5. The van der Waals surface area contributed by atoms with Gasteiger partial charge in [0.05, 0.1) is 11.5 Å². The zero-order valence-corrected chi connectivity index (χ0v) is 11.5. The lowest BCUT2D eigenvalue weighted by Gasteiger charge is -2.19. The Hall–Kier alpha value is -1.37. The van der Waals surface area contributed by atoms with E-state index in [1.54, 1.807) is 19.2 Å². The second-order valence-corrected chi connectivity index (χ2v) is 4.56. The summed E-state index contributed by atoms with van der Waals surface area (Å²) in [6, 6.07) is 4.67. The van der Waals surface area contributed by atoms with E-state index in [2.05, 4.69) is 5.32 Å². The Balaban J connectivity index is 2.73. The number of benzene rings is 1. The number of rotatable bonds is 8. The molecule has 1 aromatic rings. The average Bonchev–Trinajstić information content (AvgIpc) is 2.36. The van der Waals surface area contributed by atoms with Crippen LogP contribution in [0.1, 0.15) is 12.8 Å². The summed E-state index contributed by atoms with van der Waals surface area (Å²) in [5, 5.41) is 14.0. The molecule has 0 saturated carbocycles. The number of nitrogens with two attached hydrogens (primary N) is 1.